The van der Waals surface area contributed by atoms with E-state index in [0.717, 1.165) is 0 Å². The molecule has 0 radical (unpaired) electrons. The van der Waals surface area contributed by atoms with Gasteiger partial charge in [0.15, 0.2) is 5.78 Å². The number of aromatic nitrogens is 2. The normalized spacial score (nSPS) is 9.44. The maximum atomic E-state index is 10.7. The summed E-state index contributed by atoms with van der Waals surface area (Å²) in [5.74, 6) is -0.0937. The summed E-state index contributed by atoms with van der Waals surface area (Å²) in [5, 5.41) is 6.11. The van der Waals surface area contributed by atoms with Crippen LogP contribution in [0.5, 0.6) is 0 Å². The fourth-order valence-electron chi connectivity index (χ4n) is 0.521. The molecule has 0 aliphatic rings. The van der Waals surface area contributed by atoms with Gasteiger partial charge >= 0.3 is 0 Å². The third kappa shape index (κ3) is 1.14. The number of Topliss-reactive ketones (excluding diaryl/α,β-unsaturated/α-hetero) is 1. The lowest BCUT2D eigenvalue weighted by atomic mass is 10.2. The second-order valence-electron chi connectivity index (χ2n) is 1.61. The van der Waals surface area contributed by atoms with E-state index in [0.29, 0.717) is 5.56 Å². The SMILES string of the molecule is NCC(=O)c1cn[nH]c1. The maximum Gasteiger partial charge on any atom is 0.179 e. The first-order valence-electron chi connectivity index (χ1n) is 2.56. The van der Waals surface area contributed by atoms with E-state index in [9.17, 15) is 4.79 Å². The van der Waals surface area contributed by atoms with E-state index in [2.05, 4.69) is 10.2 Å². The number of hydrogen-bond acceptors (Lipinski definition) is 3. The van der Waals surface area contributed by atoms with Gasteiger partial charge in [0.25, 0.3) is 0 Å². The summed E-state index contributed by atoms with van der Waals surface area (Å²) < 4.78 is 0. The lowest BCUT2D eigenvalue weighted by molar-refractivity contribution is 0.100. The summed E-state index contributed by atoms with van der Waals surface area (Å²) in [4.78, 5) is 10.7. The summed E-state index contributed by atoms with van der Waals surface area (Å²) in [6.45, 7) is 0.0412. The van der Waals surface area contributed by atoms with Crippen LogP contribution in [-0.2, 0) is 0 Å². The molecule has 1 aromatic rings. The maximum absolute atomic E-state index is 10.7. The number of aromatic amines is 1. The van der Waals surface area contributed by atoms with Crippen LogP contribution in [0.1, 0.15) is 10.4 Å². The Morgan fingerprint density at radius 2 is 2.67 bits per heavy atom. The van der Waals surface area contributed by atoms with Crippen molar-refractivity contribution in [1.82, 2.24) is 10.2 Å². The molecule has 0 bridgehead atoms. The van der Waals surface area contributed by atoms with Crippen molar-refractivity contribution in [3.8, 4) is 0 Å². The van der Waals surface area contributed by atoms with Gasteiger partial charge in [0.1, 0.15) is 0 Å². The highest BCUT2D eigenvalue weighted by molar-refractivity contribution is 5.96. The van der Waals surface area contributed by atoms with Gasteiger partial charge in [-0.3, -0.25) is 9.89 Å². The summed E-state index contributed by atoms with van der Waals surface area (Å²) in [6.07, 6.45) is 2.98. The smallest absolute Gasteiger partial charge is 0.179 e. The van der Waals surface area contributed by atoms with Crippen LogP contribution in [0, 0.1) is 0 Å². The molecule has 0 amide bonds. The van der Waals surface area contributed by atoms with Gasteiger partial charge in [-0.15, -0.1) is 0 Å². The molecule has 0 aliphatic heterocycles. The standard InChI is InChI=1S/C5H7N3O/c6-1-5(9)4-2-7-8-3-4/h2-3H,1,6H2,(H,7,8). The monoisotopic (exact) mass is 125 g/mol. The molecule has 1 heterocycles. The molecule has 4 nitrogen and oxygen atoms in total. The highest BCUT2D eigenvalue weighted by atomic mass is 16.1. The van der Waals surface area contributed by atoms with Crippen molar-refractivity contribution in [2.75, 3.05) is 6.54 Å². The Hall–Kier alpha value is -1.16. The van der Waals surface area contributed by atoms with E-state index < -0.39 is 0 Å². The lowest BCUT2D eigenvalue weighted by Crippen LogP contribution is -2.12. The average Bonchev–Trinajstić information content (AvgIpc) is 2.37. The van der Waals surface area contributed by atoms with E-state index >= 15 is 0 Å². The van der Waals surface area contributed by atoms with Crippen molar-refractivity contribution in [2.24, 2.45) is 5.73 Å². The summed E-state index contributed by atoms with van der Waals surface area (Å²) >= 11 is 0. The van der Waals surface area contributed by atoms with Crippen LogP contribution in [0.15, 0.2) is 12.4 Å². The van der Waals surface area contributed by atoms with Crippen LogP contribution < -0.4 is 5.73 Å². The Morgan fingerprint density at radius 3 is 3.11 bits per heavy atom. The largest absolute Gasteiger partial charge is 0.324 e. The van der Waals surface area contributed by atoms with Crippen molar-refractivity contribution >= 4 is 5.78 Å². The third-order valence-electron chi connectivity index (χ3n) is 1.01. The highest BCUT2D eigenvalue weighted by Gasteiger charge is 2.01. The van der Waals surface area contributed by atoms with Gasteiger partial charge in [-0.2, -0.15) is 5.10 Å². The zero-order valence-corrected chi connectivity index (χ0v) is 4.79. The Labute approximate surface area is 52.1 Å². The topological polar surface area (TPSA) is 71.8 Å². The number of nitrogens with one attached hydrogen (secondary N) is 1. The van der Waals surface area contributed by atoms with Gasteiger partial charge in [-0.05, 0) is 0 Å². The van der Waals surface area contributed by atoms with Crippen molar-refractivity contribution in [3.63, 3.8) is 0 Å². The Morgan fingerprint density at radius 1 is 1.89 bits per heavy atom. The second-order valence-corrected chi connectivity index (χ2v) is 1.61. The van der Waals surface area contributed by atoms with Crippen LogP contribution >= 0.6 is 0 Å². The van der Waals surface area contributed by atoms with Crippen molar-refractivity contribution in [1.29, 1.82) is 0 Å². The molecule has 0 saturated heterocycles. The Bertz CT molecular complexity index is 192. The van der Waals surface area contributed by atoms with E-state index in [4.69, 9.17) is 5.73 Å². The molecule has 0 unspecified atom stereocenters. The van der Waals surface area contributed by atoms with Gasteiger partial charge in [-0.25, -0.2) is 0 Å². The van der Waals surface area contributed by atoms with E-state index in [-0.39, 0.29) is 12.3 Å². The summed E-state index contributed by atoms with van der Waals surface area (Å²) in [6, 6.07) is 0. The van der Waals surface area contributed by atoms with Gasteiger partial charge < -0.3 is 5.73 Å². The van der Waals surface area contributed by atoms with Crippen LogP contribution in [0.4, 0.5) is 0 Å². The van der Waals surface area contributed by atoms with Crippen LogP contribution in [-0.4, -0.2) is 22.5 Å². The number of hydrogen-bond donors (Lipinski definition) is 2. The molecular weight excluding hydrogens is 118 g/mol. The predicted octanol–water partition coefficient (Wildman–Crippen LogP) is -0.449. The fourth-order valence-corrected chi connectivity index (χ4v) is 0.521. The molecule has 0 fully saturated rings. The first-order valence-corrected chi connectivity index (χ1v) is 2.56. The molecular formula is C5H7N3O. The van der Waals surface area contributed by atoms with E-state index in [1.165, 1.54) is 12.4 Å². The number of carbonyl (C=O) groups is 1. The number of ketones is 1. The molecule has 48 valence electrons. The molecule has 0 spiro atoms. The highest BCUT2D eigenvalue weighted by Crippen LogP contribution is 1.92. The molecule has 3 N–H and O–H groups in total. The van der Waals surface area contributed by atoms with Crippen LogP contribution in [0.2, 0.25) is 0 Å². The Balaban J connectivity index is 2.77. The number of nitrogens with zero attached hydrogens (tertiary/aromatic N) is 1. The summed E-state index contributed by atoms with van der Waals surface area (Å²) in [5.41, 5.74) is 5.61. The minimum absolute atomic E-state index is 0.0412. The lowest BCUT2D eigenvalue weighted by Gasteiger charge is -1.85. The molecule has 0 atom stereocenters. The predicted molar refractivity (Wildman–Crippen MR) is 32.0 cm³/mol. The number of nitrogens with two attached hydrogens (primary N) is 1. The third-order valence-corrected chi connectivity index (χ3v) is 1.01. The fraction of sp³-hybridized carbons (Fsp3) is 0.200. The van der Waals surface area contributed by atoms with Gasteiger partial charge in [0, 0.05) is 6.20 Å². The van der Waals surface area contributed by atoms with Crippen molar-refractivity contribution in [2.45, 2.75) is 0 Å². The van der Waals surface area contributed by atoms with Gasteiger partial charge in [0.2, 0.25) is 0 Å². The van der Waals surface area contributed by atoms with Gasteiger partial charge in [0.05, 0.1) is 18.3 Å². The molecule has 1 rings (SSSR count). The number of carbonyl (C=O) groups excluding carboxylic acids is 1. The number of H-pyrrole nitrogens is 1. The van der Waals surface area contributed by atoms with Crippen LogP contribution in [0.3, 0.4) is 0 Å². The minimum atomic E-state index is -0.0937. The van der Waals surface area contributed by atoms with Crippen molar-refractivity contribution in [3.05, 3.63) is 18.0 Å². The molecule has 1 aromatic heterocycles. The average molecular weight is 125 g/mol. The quantitative estimate of drug-likeness (QED) is 0.526. The van der Waals surface area contributed by atoms with Crippen molar-refractivity contribution < 1.29 is 4.79 Å². The molecule has 0 aromatic carbocycles. The first kappa shape index (κ1) is 5.97. The molecule has 9 heavy (non-hydrogen) atoms. The van der Waals surface area contributed by atoms with E-state index in [1.54, 1.807) is 0 Å². The van der Waals surface area contributed by atoms with E-state index in [1.807, 2.05) is 0 Å². The van der Waals surface area contributed by atoms with Gasteiger partial charge in [-0.1, -0.05) is 0 Å². The first-order chi connectivity index (χ1) is 4.34. The molecule has 0 saturated carbocycles. The summed E-state index contributed by atoms with van der Waals surface area (Å²) in [7, 11) is 0. The zero-order chi connectivity index (χ0) is 6.69. The minimum Gasteiger partial charge on any atom is -0.324 e. The zero-order valence-electron chi connectivity index (χ0n) is 4.79. The second kappa shape index (κ2) is 2.41. The Kier molecular flexibility index (Phi) is 1.60. The van der Waals surface area contributed by atoms with Crippen LogP contribution in [0.25, 0.3) is 0 Å². The molecule has 4 heteroatoms. The molecule has 0 aliphatic carbocycles. The number of rotatable bonds is 2.